The third kappa shape index (κ3) is 4.92. The Morgan fingerprint density at radius 2 is 2.44 bits per heavy atom. The highest BCUT2D eigenvalue weighted by Crippen LogP contribution is 2.09. The number of hydrogen-bond acceptors (Lipinski definition) is 5. The van der Waals surface area contributed by atoms with Crippen molar-refractivity contribution < 1.29 is 14.6 Å². The van der Waals surface area contributed by atoms with E-state index in [1.54, 1.807) is 0 Å². The number of aliphatic hydroxyl groups is 1. The fourth-order valence-electron chi connectivity index (χ4n) is 2.02. The Labute approximate surface area is 96.8 Å². The van der Waals surface area contributed by atoms with Crippen LogP contribution in [0.3, 0.4) is 0 Å². The summed E-state index contributed by atoms with van der Waals surface area (Å²) in [4.78, 5) is 13.4. The van der Waals surface area contributed by atoms with Gasteiger partial charge in [0.2, 0.25) is 0 Å². The van der Waals surface area contributed by atoms with Crippen LogP contribution in [0.15, 0.2) is 0 Å². The van der Waals surface area contributed by atoms with Gasteiger partial charge in [-0.1, -0.05) is 0 Å². The van der Waals surface area contributed by atoms with Gasteiger partial charge in [0.15, 0.2) is 0 Å². The van der Waals surface area contributed by atoms with Gasteiger partial charge in [0, 0.05) is 19.1 Å². The SMILES string of the molecule is CCOC(=O)CN1CCCC(NCCO)C1. The molecular weight excluding hydrogens is 208 g/mol. The molecule has 0 aromatic carbocycles. The molecule has 94 valence electrons. The van der Waals surface area contributed by atoms with Crippen LogP contribution in [0, 0.1) is 0 Å². The van der Waals surface area contributed by atoms with Gasteiger partial charge < -0.3 is 15.2 Å². The van der Waals surface area contributed by atoms with Crippen LogP contribution < -0.4 is 5.32 Å². The number of ether oxygens (including phenoxy) is 1. The summed E-state index contributed by atoms with van der Waals surface area (Å²) >= 11 is 0. The van der Waals surface area contributed by atoms with Crippen LogP contribution in [0.2, 0.25) is 0 Å². The number of nitrogens with one attached hydrogen (secondary N) is 1. The monoisotopic (exact) mass is 230 g/mol. The van der Waals surface area contributed by atoms with E-state index in [1.165, 1.54) is 0 Å². The Kier molecular flexibility index (Phi) is 6.37. The molecule has 0 amide bonds. The van der Waals surface area contributed by atoms with E-state index < -0.39 is 0 Å². The summed E-state index contributed by atoms with van der Waals surface area (Å²) in [7, 11) is 0. The average Bonchev–Trinajstić information content (AvgIpc) is 2.27. The largest absolute Gasteiger partial charge is 0.465 e. The molecule has 5 heteroatoms. The first-order valence-corrected chi connectivity index (χ1v) is 5.98. The molecule has 0 spiro atoms. The fourth-order valence-corrected chi connectivity index (χ4v) is 2.02. The molecule has 1 heterocycles. The lowest BCUT2D eigenvalue weighted by atomic mass is 10.1. The van der Waals surface area contributed by atoms with Crippen LogP contribution in [0.1, 0.15) is 19.8 Å². The van der Waals surface area contributed by atoms with Crippen molar-refractivity contribution in [2.24, 2.45) is 0 Å². The van der Waals surface area contributed by atoms with Crippen molar-refractivity contribution in [3.05, 3.63) is 0 Å². The first-order chi connectivity index (χ1) is 7.76. The quantitative estimate of drug-likeness (QED) is 0.608. The van der Waals surface area contributed by atoms with E-state index in [4.69, 9.17) is 9.84 Å². The second-order valence-electron chi connectivity index (χ2n) is 4.06. The minimum Gasteiger partial charge on any atom is -0.465 e. The molecule has 0 aliphatic carbocycles. The molecule has 16 heavy (non-hydrogen) atoms. The summed E-state index contributed by atoms with van der Waals surface area (Å²) < 4.78 is 4.92. The van der Waals surface area contributed by atoms with Gasteiger partial charge >= 0.3 is 5.97 Å². The van der Waals surface area contributed by atoms with Crippen LogP contribution in [-0.2, 0) is 9.53 Å². The highest BCUT2D eigenvalue weighted by molar-refractivity contribution is 5.71. The van der Waals surface area contributed by atoms with E-state index in [-0.39, 0.29) is 12.6 Å². The van der Waals surface area contributed by atoms with Crippen LogP contribution in [-0.4, -0.2) is 61.4 Å². The smallest absolute Gasteiger partial charge is 0.320 e. The Balaban J connectivity index is 2.24. The Morgan fingerprint density at radius 3 is 3.12 bits per heavy atom. The van der Waals surface area contributed by atoms with Gasteiger partial charge in [-0.15, -0.1) is 0 Å². The standard InChI is InChI=1S/C11H22N2O3/c1-2-16-11(15)9-13-6-3-4-10(8-13)12-5-7-14/h10,12,14H,2-9H2,1H3. The van der Waals surface area contributed by atoms with Crippen LogP contribution in [0.25, 0.3) is 0 Å². The second kappa shape index (κ2) is 7.60. The maximum Gasteiger partial charge on any atom is 0.320 e. The molecule has 5 nitrogen and oxygen atoms in total. The van der Waals surface area contributed by atoms with Crippen LogP contribution in [0.4, 0.5) is 0 Å². The molecule has 0 bridgehead atoms. The molecule has 0 aromatic rings. The molecular formula is C11H22N2O3. The van der Waals surface area contributed by atoms with Crippen molar-refractivity contribution in [2.45, 2.75) is 25.8 Å². The van der Waals surface area contributed by atoms with Crippen molar-refractivity contribution in [1.29, 1.82) is 0 Å². The molecule has 0 radical (unpaired) electrons. The number of nitrogens with zero attached hydrogens (tertiary/aromatic N) is 1. The number of esters is 1. The number of aliphatic hydroxyl groups excluding tert-OH is 1. The van der Waals surface area contributed by atoms with Crippen molar-refractivity contribution in [1.82, 2.24) is 10.2 Å². The van der Waals surface area contributed by atoms with E-state index >= 15 is 0 Å². The van der Waals surface area contributed by atoms with Gasteiger partial charge in [0.1, 0.15) is 0 Å². The first-order valence-electron chi connectivity index (χ1n) is 5.98. The van der Waals surface area contributed by atoms with Gasteiger partial charge in [-0.2, -0.15) is 0 Å². The second-order valence-corrected chi connectivity index (χ2v) is 4.06. The zero-order valence-corrected chi connectivity index (χ0v) is 9.95. The molecule has 1 fully saturated rings. The lowest BCUT2D eigenvalue weighted by Gasteiger charge is -2.32. The van der Waals surface area contributed by atoms with Gasteiger partial charge in [0.05, 0.1) is 19.8 Å². The summed E-state index contributed by atoms with van der Waals surface area (Å²) in [5, 5.41) is 12.0. The lowest BCUT2D eigenvalue weighted by molar-refractivity contribution is -0.144. The van der Waals surface area contributed by atoms with Crippen molar-refractivity contribution in [2.75, 3.05) is 39.4 Å². The minimum absolute atomic E-state index is 0.148. The molecule has 1 rings (SSSR count). The van der Waals surface area contributed by atoms with Gasteiger partial charge in [0.25, 0.3) is 0 Å². The zero-order valence-electron chi connectivity index (χ0n) is 9.95. The molecule has 1 unspecified atom stereocenters. The van der Waals surface area contributed by atoms with Gasteiger partial charge in [-0.05, 0) is 26.3 Å². The zero-order chi connectivity index (χ0) is 11.8. The van der Waals surface area contributed by atoms with Crippen molar-refractivity contribution in [3.8, 4) is 0 Å². The summed E-state index contributed by atoms with van der Waals surface area (Å²) in [5.41, 5.74) is 0. The fraction of sp³-hybridized carbons (Fsp3) is 0.909. The number of carbonyl (C=O) groups excluding carboxylic acids is 1. The number of carbonyl (C=O) groups is 1. The Morgan fingerprint density at radius 1 is 1.62 bits per heavy atom. The number of rotatable bonds is 6. The van der Waals surface area contributed by atoms with E-state index in [1.807, 2.05) is 6.92 Å². The third-order valence-electron chi connectivity index (χ3n) is 2.71. The number of likely N-dealkylation sites (tertiary alicyclic amines) is 1. The molecule has 1 saturated heterocycles. The molecule has 0 saturated carbocycles. The highest BCUT2D eigenvalue weighted by Gasteiger charge is 2.21. The molecule has 2 N–H and O–H groups in total. The predicted molar refractivity (Wildman–Crippen MR) is 61.2 cm³/mol. The lowest BCUT2D eigenvalue weighted by Crippen LogP contribution is -2.48. The predicted octanol–water partition coefficient (Wildman–Crippen LogP) is -0.404. The Bertz CT molecular complexity index is 211. The minimum atomic E-state index is -0.148. The normalized spacial score (nSPS) is 22.0. The number of piperidine rings is 1. The molecule has 1 aliphatic heterocycles. The summed E-state index contributed by atoms with van der Waals surface area (Å²) in [6, 6.07) is 0.385. The number of hydrogen-bond donors (Lipinski definition) is 2. The van der Waals surface area contributed by atoms with Crippen LogP contribution in [0.5, 0.6) is 0 Å². The topological polar surface area (TPSA) is 61.8 Å². The van der Waals surface area contributed by atoms with Crippen LogP contribution >= 0.6 is 0 Å². The highest BCUT2D eigenvalue weighted by atomic mass is 16.5. The third-order valence-corrected chi connectivity index (χ3v) is 2.71. The maximum atomic E-state index is 11.3. The molecule has 0 aromatic heterocycles. The van der Waals surface area contributed by atoms with Crippen molar-refractivity contribution >= 4 is 5.97 Å². The average molecular weight is 230 g/mol. The molecule has 1 aliphatic rings. The van der Waals surface area contributed by atoms with E-state index in [2.05, 4.69) is 10.2 Å². The molecule has 1 atom stereocenters. The maximum absolute atomic E-state index is 11.3. The van der Waals surface area contributed by atoms with E-state index in [0.717, 1.165) is 25.9 Å². The van der Waals surface area contributed by atoms with Gasteiger partial charge in [-0.3, -0.25) is 9.69 Å². The van der Waals surface area contributed by atoms with E-state index in [9.17, 15) is 4.79 Å². The summed E-state index contributed by atoms with van der Waals surface area (Å²) in [5.74, 6) is -0.148. The summed E-state index contributed by atoms with van der Waals surface area (Å²) in [6.45, 7) is 5.24. The first kappa shape index (κ1) is 13.4. The van der Waals surface area contributed by atoms with E-state index in [0.29, 0.717) is 25.7 Å². The summed E-state index contributed by atoms with van der Waals surface area (Å²) in [6.07, 6.45) is 2.20. The van der Waals surface area contributed by atoms with Gasteiger partial charge in [-0.25, -0.2) is 0 Å². The van der Waals surface area contributed by atoms with Crippen molar-refractivity contribution in [3.63, 3.8) is 0 Å². The Hall–Kier alpha value is -0.650.